The number of ether oxygens (including phenoxy) is 1. The van der Waals surface area contributed by atoms with Gasteiger partial charge in [-0.1, -0.05) is 44.9 Å². The van der Waals surface area contributed by atoms with Gasteiger partial charge in [-0.3, -0.25) is 0 Å². The second-order valence-corrected chi connectivity index (χ2v) is 8.60. The minimum Gasteiger partial charge on any atom is -0.449 e. The van der Waals surface area contributed by atoms with Gasteiger partial charge in [-0.15, -0.1) is 12.4 Å². The van der Waals surface area contributed by atoms with E-state index in [-0.39, 0.29) is 18.5 Å². The Bertz CT molecular complexity index is 395. The molecular formula is C21H39ClN2O2. The molecule has 0 radical (unpaired) electrons. The van der Waals surface area contributed by atoms with Gasteiger partial charge in [0.05, 0.1) is 6.61 Å². The molecule has 2 unspecified atom stereocenters. The number of nitrogens with one attached hydrogen (secondary N) is 1. The summed E-state index contributed by atoms with van der Waals surface area (Å²) < 4.78 is 5.69. The van der Waals surface area contributed by atoms with E-state index in [1.54, 1.807) is 0 Å². The highest BCUT2D eigenvalue weighted by Crippen LogP contribution is 2.30. The number of carbonyl (C=O) groups is 1. The molecule has 1 N–H and O–H groups in total. The van der Waals surface area contributed by atoms with Crippen LogP contribution in [0.4, 0.5) is 4.79 Å². The van der Waals surface area contributed by atoms with Gasteiger partial charge in [0.15, 0.2) is 0 Å². The lowest BCUT2D eigenvalue weighted by molar-refractivity contribution is 0.0853. The van der Waals surface area contributed by atoms with Crippen LogP contribution in [-0.4, -0.2) is 43.3 Å². The SMILES string of the molecule is Cl.O=C(NC1CCCCC1)OCC1CCCCCC1CN1CCCCC1. The van der Waals surface area contributed by atoms with Crippen molar-refractivity contribution in [3.8, 4) is 0 Å². The fraction of sp³-hybridized carbons (Fsp3) is 0.952. The van der Waals surface area contributed by atoms with Gasteiger partial charge in [-0.2, -0.15) is 0 Å². The van der Waals surface area contributed by atoms with E-state index < -0.39 is 0 Å². The van der Waals surface area contributed by atoms with Crippen molar-refractivity contribution in [2.45, 2.75) is 89.5 Å². The van der Waals surface area contributed by atoms with Crippen molar-refractivity contribution in [1.82, 2.24) is 10.2 Å². The predicted molar refractivity (Wildman–Crippen MR) is 109 cm³/mol. The van der Waals surface area contributed by atoms with Crippen LogP contribution in [0, 0.1) is 11.8 Å². The van der Waals surface area contributed by atoms with Gasteiger partial charge in [0.25, 0.3) is 0 Å². The van der Waals surface area contributed by atoms with E-state index in [0.29, 0.717) is 24.5 Å². The minimum atomic E-state index is -0.173. The highest BCUT2D eigenvalue weighted by atomic mass is 35.5. The van der Waals surface area contributed by atoms with Crippen LogP contribution in [0.15, 0.2) is 0 Å². The Morgan fingerprint density at radius 1 is 0.808 bits per heavy atom. The van der Waals surface area contributed by atoms with Crippen molar-refractivity contribution in [2.75, 3.05) is 26.2 Å². The zero-order valence-corrected chi connectivity index (χ0v) is 17.2. The Labute approximate surface area is 166 Å². The number of rotatable bonds is 5. The van der Waals surface area contributed by atoms with E-state index in [2.05, 4.69) is 10.2 Å². The van der Waals surface area contributed by atoms with Crippen molar-refractivity contribution in [2.24, 2.45) is 11.8 Å². The Morgan fingerprint density at radius 2 is 1.38 bits per heavy atom. The Kier molecular flexibility index (Phi) is 10.1. The van der Waals surface area contributed by atoms with Crippen molar-refractivity contribution >= 4 is 18.5 Å². The van der Waals surface area contributed by atoms with Crippen LogP contribution in [0.25, 0.3) is 0 Å². The molecule has 0 aromatic rings. The fourth-order valence-corrected chi connectivity index (χ4v) is 5.03. The van der Waals surface area contributed by atoms with E-state index in [9.17, 15) is 4.79 Å². The summed E-state index contributed by atoms with van der Waals surface area (Å²) in [5.41, 5.74) is 0. The van der Waals surface area contributed by atoms with Crippen LogP contribution in [0.3, 0.4) is 0 Å². The summed E-state index contributed by atoms with van der Waals surface area (Å²) in [4.78, 5) is 14.9. The number of alkyl carbamates (subject to hydrolysis) is 1. The number of likely N-dealkylation sites (tertiary alicyclic amines) is 1. The second kappa shape index (κ2) is 12.1. The van der Waals surface area contributed by atoms with Gasteiger partial charge in [0.1, 0.15) is 0 Å². The first kappa shape index (κ1) is 21.8. The Morgan fingerprint density at radius 3 is 2.08 bits per heavy atom. The molecule has 2 atom stereocenters. The normalized spacial score (nSPS) is 28.6. The Hall–Kier alpha value is -0.480. The maximum absolute atomic E-state index is 12.2. The lowest BCUT2D eigenvalue weighted by Gasteiger charge is -2.33. The highest BCUT2D eigenvalue weighted by Gasteiger charge is 2.27. The average Bonchev–Trinajstić information content (AvgIpc) is 2.87. The fourth-order valence-electron chi connectivity index (χ4n) is 5.03. The minimum absolute atomic E-state index is 0. The smallest absolute Gasteiger partial charge is 0.407 e. The molecule has 0 aromatic heterocycles. The van der Waals surface area contributed by atoms with E-state index in [1.807, 2.05) is 0 Å². The van der Waals surface area contributed by atoms with Gasteiger partial charge in [0.2, 0.25) is 0 Å². The molecule has 4 nitrogen and oxygen atoms in total. The number of piperidine rings is 1. The molecule has 1 amide bonds. The summed E-state index contributed by atoms with van der Waals surface area (Å²) in [6, 6.07) is 0.347. The van der Waals surface area contributed by atoms with E-state index in [4.69, 9.17) is 4.74 Å². The van der Waals surface area contributed by atoms with Crippen molar-refractivity contribution in [3.63, 3.8) is 0 Å². The standard InChI is InChI=1S/C21H38N2O2.ClH/c24-21(22-20-12-6-2-7-13-20)25-17-19-11-5-1-4-10-18(19)16-23-14-8-3-9-15-23;/h18-20H,1-17H2,(H,22,24);1H. The van der Waals surface area contributed by atoms with Gasteiger partial charge >= 0.3 is 6.09 Å². The molecule has 0 spiro atoms. The Balaban J connectivity index is 0.00000243. The van der Waals surface area contributed by atoms with Crippen LogP contribution in [-0.2, 0) is 4.74 Å². The van der Waals surface area contributed by atoms with Crippen molar-refractivity contribution in [3.05, 3.63) is 0 Å². The maximum Gasteiger partial charge on any atom is 0.407 e. The first-order valence-electron chi connectivity index (χ1n) is 11.0. The predicted octanol–water partition coefficient (Wildman–Crippen LogP) is 5.15. The van der Waals surface area contributed by atoms with Crippen LogP contribution in [0.1, 0.15) is 83.5 Å². The molecule has 26 heavy (non-hydrogen) atoms. The molecule has 5 heteroatoms. The van der Waals surface area contributed by atoms with Gasteiger partial charge < -0.3 is 15.0 Å². The summed E-state index contributed by atoms with van der Waals surface area (Å²) in [5, 5.41) is 3.10. The summed E-state index contributed by atoms with van der Waals surface area (Å²) >= 11 is 0. The molecule has 1 saturated heterocycles. The largest absolute Gasteiger partial charge is 0.449 e. The molecular weight excluding hydrogens is 348 g/mol. The average molecular weight is 387 g/mol. The summed E-state index contributed by atoms with van der Waals surface area (Å²) in [7, 11) is 0. The highest BCUT2D eigenvalue weighted by molar-refractivity contribution is 5.85. The van der Waals surface area contributed by atoms with Crippen LogP contribution in [0.2, 0.25) is 0 Å². The van der Waals surface area contributed by atoms with E-state index in [1.165, 1.54) is 90.3 Å². The van der Waals surface area contributed by atoms with Crippen LogP contribution in [0.5, 0.6) is 0 Å². The van der Waals surface area contributed by atoms with Gasteiger partial charge in [0, 0.05) is 12.6 Å². The molecule has 3 aliphatic rings. The number of hydrogen-bond donors (Lipinski definition) is 1. The first-order valence-corrected chi connectivity index (χ1v) is 11.0. The van der Waals surface area contributed by atoms with Gasteiger partial charge in [-0.25, -0.2) is 4.79 Å². The van der Waals surface area contributed by atoms with Crippen LogP contribution >= 0.6 is 12.4 Å². The maximum atomic E-state index is 12.2. The van der Waals surface area contributed by atoms with Crippen LogP contribution < -0.4 is 5.32 Å². The van der Waals surface area contributed by atoms with E-state index >= 15 is 0 Å². The number of carbonyl (C=O) groups excluding carboxylic acids is 1. The van der Waals surface area contributed by atoms with Gasteiger partial charge in [-0.05, 0) is 63.5 Å². The molecule has 152 valence electrons. The molecule has 1 aliphatic heterocycles. The number of hydrogen-bond acceptors (Lipinski definition) is 3. The third kappa shape index (κ3) is 7.26. The number of nitrogens with zero attached hydrogens (tertiary/aromatic N) is 1. The van der Waals surface area contributed by atoms with Crippen molar-refractivity contribution in [1.29, 1.82) is 0 Å². The molecule has 3 rings (SSSR count). The summed E-state index contributed by atoms with van der Waals surface area (Å²) in [5.74, 6) is 1.27. The lowest BCUT2D eigenvalue weighted by Crippen LogP contribution is -2.39. The zero-order chi connectivity index (χ0) is 17.3. The molecule has 0 aromatic carbocycles. The zero-order valence-electron chi connectivity index (χ0n) is 16.4. The molecule has 3 fully saturated rings. The molecule has 2 aliphatic carbocycles. The molecule has 0 bridgehead atoms. The summed E-state index contributed by atoms with van der Waals surface area (Å²) in [6.45, 7) is 4.38. The first-order chi connectivity index (χ1) is 12.3. The quantitative estimate of drug-likeness (QED) is 0.664. The third-order valence-corrected chi connectivity index (χ3v) is 6.61. The number of halogens is 1. The monoisotopic (exact) mass is 386 g/mol. The summed E-state index contributed by atoms with van der Waals surface area (Å²) in [6.07, 6.45) is 16.5. The topological polar surface area (TPSA) is 41.6 Å². The lowest BCUT2D eigenvalue weighted by atomic mass is 9.87. The van der Waals surface area contributed by atoms with Crippen molar-refractivity contribution < 1.29 is 9.53 Å². The second-order valence-electron chi connectivity index (χ2n) is 8.60. The number of amides is 1. The molecule has 1 heterocycles. The van der Waals surface area contributed by atoms with E-state index in [0.717, 1.165) is 12.8 Å². The third-order valence-electron chi connectivity index (χ3n) is 6.61. The molecule has 2 saturated carbocycles.